The second kappa shape index (κ2) is 4.40. The molecule has 0 bridgehead atoms. The molecule has 0 saturated heterocycles. The van der Waals surface area contributed by atoms with Gasteiger partial charge in [0.2, 0.25) is 0 Å². The first-order valence-electron chi connectivity index (χ1n) is 7.36. The highest BCUT2D eigenvalue weighted by atomic mass is 14.3. The molecule has 0 aromatic heterocycles. The van der Waals surface area contributed by atoms with E-state index in [0.29, 0.717) is 0 Å². The zero-order valence-corrected chi connectivity index (χ0v) is 13.0. The quantitative estimate of drug-likeness (QED) is 0.591. The smallest absolute Gasteiger partial charge is 0.0129 e. The molecule has 1 aromatic carbocycles. The fraction of sp³-hybridized carbons (Fsp3) is 0.667. The number of benzene rings is 1. The van der Waals surface area contributed by atoms with E-state index in [-0.39, 0.29) is 10.8 Å². The Balaban J connectivity index is 2.63. The van der Waals surface area contributed by atoms with Crippen molar-refractivity contribution in [2.24, 2.45) is 0 Å². The van der Waals surface area contributed by atoms with Crippen LogP contribution in [0.1, 0.15) is 76.6 Å². The van der Waals surface area contributed by atoms with Gasteiger partial charge in [0, 0.05) is 0 Å². The molecule has 2 rings (SSSR count). The highest BCUT2D eigenvalue weighted by Crippen LogP contribution is 2.36. The van der Waals surface area contributed by atoms with Gasteiger partial charge in [-0.2, -0.15) is 0 Å². The van der Waals surface area contributed by atoms with Crippen molar-refractivity contribution in [3.05, 3.63) is 34.4 Å². The second-order valence-corrected chi connectivity index (χ2v) is 7.87. The third-order valence-electron chi connectivity index (χ3n) is 4.14. The van der Waals surface area contributed by atoms with Gasteiger partial charge in [-0.15, -0.1) is 0 Å². The van der Waals surface area contributed by atoms with Gasteiger partial charge in [-0.1, -0.05) is 53.7 Å². The molecule has 0 fully saturated rings. The molecule has 1 aliphatic carbocycles. The van der Waals surface area contributed by atoms with Crippen molar-refractivity contribution >= 4 is 0 Å². The molecule has 0 unspecified atom stereocenters. The van der Waals surface area contributed by atoms with Crippen molar-refractivity contribution in [2.75, 3.05) is 0 Å². The van der Waals surface area contributed by atoms with E-state index in [9.17, 15) is 0 Å². The number of hydrogen-bond acceptors (Lipinski definition) is 0. The zero-order chi connectivity index (χ0) is 13.6. The fourth-order valence-electron chi connectivity index (χ4n) is 2.97. The summed E-state index contributed by atoms with van der Waals surface area (Å²) in [5.74, 6) is 0. The van der Waals surface area contributed by atoms with Crippen LogP contribution in [0, 0.1) is 0 Å². The lowest BCUT2D eigenvalue weighted by atomic mass is 9.74. The lowest BCUT2D eigenvalue weighted by Gasteiger charge is -2.31. The Bertz CT molecular complexity index is 438. The molecule has 1 aromatic rings. The Hall–Kier alpha value is -0.780. The van der Waals surface area contributed by atoms with Crippen LogP contribution >= 0.6 is 0 Å². The van der Waals surface area contributed by atoms with Crippen LogP contribution in [-0.4, -0.2) is 0 Å². The molecule has 0 nitrogen and oxygen atoms in total. The molecule has 0 saturated carbocycles. The molecule has 0 aliphatic heterocycles. The van der Waals surface area contributed by atoms with Crippen molar-refractivity contribution in [1.82, 2.24) is 0 Å². The van der Waals surface area contributed by atoms with E-state index in [1.807, 2.05) is 0 Å². The van der Waals surface area contributed by atoms with Gasteiger partial charge < -0.3 is 0 Å². The SMILES string of the molecule is CC(C)(C)c1cc2c(c(C(C)(C)C)c1)CCCC2. The summed E-state index contributed by atoms with van der Waals surface area (Å²) in [6.45, 7) is 14.0. The summed E-state index contributed by atoms with van der Waals surface area (Å²) < 4.78 is 0. The molecular weight excluding hydrogens is 216 g/mol. The monoisotopic (exact) mass is 244 g/mol. The van der Waals surface area contributed by atoms with Gasteiger partial charge in [0.15, 0.2) is 0 Å². The Morgan fingerprint density at radius 3 is 1.94 bits per heavy atom. The molecule has 0 radical (unpaired) electrons. The highest BCUT2D eigenvalue weighted by molar-refractivity contribution is 5.45. The maximum Gasteiger partial charge on any atom is -0.0129 e. The third kappa shape index (κ3) is 2.63. The predicted molar refractivity (Wildman–Crippen MR) is 80.5 cm³/mol. The second-order valence-electron chi connectivity index (χ2n) is 7.87. The van der Waals surface area contributed by atoms with Crippen molar-refractivity contribution in [3.8, 4) is 0 Å². The number of aryl methyl sites for hydroxylation is 1. The minimum Gasteiger partial charge on any atom is -0.0561 e. The molecular formula is C18H28. The minimum absolute atomic E-state index is 0.256. The standard InChI is InChI=1S/C18H28/c1-17(2,3)14-11-13-9-7-8-10-15(13)16(12-14)18(4,5)6/h11-12H,7-10H2,1-6H3. The van der Waals surface area contributed by atoms with Crippen LogP contribution < -0.4 is 0 Å². The van der Waals surface area contributed by atoms with Crippen LogP contribution in [0.25, 0.3) is 0 Å². The van der Waals surface area contributed by atoms with Gasteiger partial charge in [-0.05, 0) is 58.8 Å². The van der Waals surface area contributed by atoms with Crippen LogP contribution in [0.3, 0.4) is 0 Å². The predicted octanol–water partition coefficient (Wildman–Crippen LogP) is 5.16. The van der Waals surface area contributed by atoms with Crippen molar-refractivity contribution in [1.29, 1.82) is 0 Å². The van der Waals surface area contributed by atoms with Crippen LogP contribution in [0.2, 0.25) is 0 Å². The summed E-state index contributed by atoms with van der Waals surface area (Å²) >= 11 is 0. The van der Waals surface area contributed by atoms with E-state index in [0.717, 1.165) is 0 Å². The molecule has 100 valence electrons. The Labute approximate surface area is 113 Å². The average molecular weight is 244 g/mol. The summed E-state index contributed by atoms with van der Waals surface area (Å²) in [6, 6.07) is 4.95. The molecule has 0 spiro atoms. The highest BCUT2D eigenvalue weighted by Gasteiger charge is 2.25. The van der Waals surface area contributed by atoms with Crippen molar-refractivity contribution in [3.63, 3.8) is 0 Å². The van der Waals surface area contributed by atoms with E-state index >= 15 is 0 Å². The molecule has 0 N–H and O–H groups in total. The summed E-state index contributed by atoms with van der Waals surface area (Å²) in [5, 5.41) is 0. The lowest BCUT2D eigenvalue weighted by molar-refractivity contribution is 0.550. The number of fused-ring (bicyclic) bond motifs is 1. The topological polar surface area (TPSA) is 0 Å². The Morgan fingerprint density at radius 2 is 1.39 bits per heavy atom. The Morgan fingerprint density at radius 1 is 0.778 bits per heavy atom. The van der Waals surface area contributed by atoms with E-state index in [1.54, 1.807) is 16.7 Å². The van der Waals surface area contributed by atoms with Gasteiger partial charge >= 0.3 is 0 Å². The summed E-state index contributed by atoms with van der Waals surface area (Å²) in [6.07, 6.45) is 5.30. The molecule has 0 atom stereocenters. The van der Waals surface area contributed by atoms with Crippen molar-refractivity contribution < 1.29 is 0 Å². The van der Waals surface area contributed by atoms with E-state index in [1.165, 1.54) is 31.2 Å². The van der Waals surface area contributed by atoms with Crippen LogP contribution in [-0.2, 0) is 23.7 Å². The van der Waals surface area contributed by atoms with Gasteiger partial charge in [0.1, 0.15) is 0 Å². The Kier molecular flexibility index (Phi) is 3.34. The number of hydrogen-bond donors (Lipinski definition) is 0. The van der Waals surface area contributed by atoms with E-state index in [4.69, 9.17) is 0 Å². The molecule has 18 heavy (non-hydrogen) atoms. The van der Waals surface area contributed by atoms with E-state index < -0.39 is 0 Å². The third-order valence-corrected chi connectivity index (χ3v) is 4.14. The largest absolute Gasteiger partial charge is 0.0561 e. The summed E-state index contributed by atoms with van der Waals surface area (Å²) in [5.41, 5.74) is 6.90. The van der Waals surface area contributed by atoms with Crippen LogP contribution in [0.15, 0.2) is 12.1 Å². The van der Waals surface area contributed by atoms with Gasteiger partial charge in [-0.3, -0.25) is 0 Å². The molecule has 1 aliphatic rings. The zero-order valence-electron chi connectivity index (χ0n) is 13.0. The van der Waals surface area contributed by atoms with E-state index in [2.05, 4.69) is 53.7 Å². The van der Waals surface area contributed by atoms with Gasteiger partial charge in [-0.25, -0.2) is 0 Å². The first-order chi connectivity index (χ1) is 8.19. The molecule has 0 heterocycles. The first kappa shape index (κ1) is 13.6. The summed E-state index contributed by atoms with van der Waals surface area (Å²) in [4.78, 5) is 0. The average Bonchev–Trinajstić information content (AvgIpc) is 2.25. The van der Waals surface area contributed by atoms with Crippen LogP contribution in [0.5, 0.6) is 0 Å². The maximum atomic E-state index is 2.48. The van der Waals surface area contributed by atoms with Crippen molar-refractivity contribution in [2.45, 2.75) is 78.1 Å². The van der Waals surface area contributed by atoms with Gasteiger partial charge in [0.05, 0.1) is 0 Å². The fourth-order valence-corrected chi connectivity index (χ4v) is 2.97. The lowest BCUT2D eigenvalue weighted by Crippen LogP contribution is -2.21. The number of rotatable bonds is 0. The summed E-state index contributed by atoms with van der Waals surface area (Å²) in [7, 11) is 0. The van der Waals surface area contributed by atoms with Crippen LogP contribution in [0.4, 0.5) is 0 Å². The molecule has 0 amide bonds. The van der Waals surface area contributed by atoms with Gasteiger partial charge in [0.25, 0.3) is 0 Å². The molecule has 0 heteroatoms. The normalized spacial score (nSPS) is 16.6. The first-order valence-corrected chi connectivity index (χ1v) is 7.36. The minimum atomic E-state index is 0.256. The maximum absolute atomic E-state index is 2.48.